The molecule has 0 bridgehead atoms. The van der Waals surface area contributed by atoms with Gasteiger partial charge in [-0.25, -0.2) is 4.99 Å². The number of ether oxygens (including phenoxy) is 2. The molecule has 0 saturated carbocycles. The van der Waals surface area contributed by atoms with Gasteiger partial charge in [0.25, 0.3) is 5.91 Å². The quantitative estimate of drug-likeness (QED) is 0.427. The SMILES string of the molecule is CCOc1ccc(C=C2N=C(c3ccc(C)cc3)N(Cc3ccccc3)C2=O)cc1OCC. The predicted octanol–water partition coefficient (Wildman–Crippen LogP) is 5.62. The van der Waals surface area contributed by atoms with Crippen LogP contribution in [0.2, 0.25) is 0 Å². The zero-order valence-corrected chi connectivity index (χ0v) is 19.2. The molecular weight excluding hydrogens is 412 g/mol. The number of carbonyl (C=O) groups is 1. The highest BCUT2D eigenvalue weighted by molar-refractivity contribution is 6.19. The van der Waals surface area contributed by atoms with E-state index in [2.05, 4.69) is 0 Å². The van der Waals surface area contributed by atoms with Crippen molar-refractivity contribution in [2.45, 2.75) is 27.3 Å². The van der Waals surface area contributed by atoms with Crippen LogP contribution in [0.3, 0.4) is 0 Å². The Kier molecular flexibility index (Phi) is 6.89. The van der Waals surface area contributed by atoms with Crippen molar-refractivity contribution in [1.82, 2.24) is 4.90 Å². The number of aryl methyl sites for hydroxylation is 1. The first kappa shape index (κ1) is 22.3. The van der Waals surface area contributed by atoms with E-state index in [1.54, 1.807) is 11.0 Å². The van der Waals surface area contributed by atoms with Crippen molar-refractivity contribution in [3.05, 3.63) is 101 Å². The number of hydrogen-bond donors (Lipinski definition) is 0. The minimum Gasteiger partial charge on any atom is -0.490 e. The summed E-state index contributed by atoms with van der Waals surface area (Å²) in [6.07, 6.45) is 1.81. The number of benzene rings is 3. The molecule has 0 aromatic heterocycles. The summed E-state index contributed by atoms with van der Waals surface area (Å²) >= 11 is 0. The Bertz CT molecular complexity index is 1180. The summed E-state index contributed by atoms with van der Waals surface area (Å²) in [6.45, 7) is 7.45. The molecule has 4 rings (SSSR count). The van der Waals surface area contributed by atoms with Gasteiger partial charge in [-0.05, 0) is 50.1 Å². The van der Waals surface area contributed by atoms with E-state index in [9.17, 15) is 4.79 Å². The summed E-state index contributed by atoms with van der Waals surface area (Å²) in [5.74, 6) is 1.88. The van der Waals surface area contributed by atoms with Crippen LogP contribution in [0, 0.1) is 6.92 Å². The van der Waals surface area contributed by atoms with Gasteiger partial charge in [-0.15, -0.1) is 0 Å². The summed E-state index contributed by atoms with van der Waals surface area (Å²) in [5, 5.41) is 0. The Hall–Kier alpha value is -3.86. The highest BCUT2D eigenvalue weighted by atomic mass is 16.5. The fourth-order valence-electron chi connectivity index (χ4n) is 3.70. The van der Waals surface area contributed by atoms with Crippen LogP contribution in [0.4, 0.5) is 0 Å². The van der Waals surface area contributed by atoms with E-state index < -0.39 is 0 Å². The van der Waals surface area contributed by atoms with Gasteiger partial charge in [-0.1, -0.05) is 66.2 Å². The number of hydrogen-bond acceptors (Lipinski definition) is 4. The van der Waals surface area contributed by atoms with Crippen LogP contribution in [0.1, 0.15) is 36.1 Å². The summed E-state index contributed by atoms with van der Waals surface area (Å²) in [5.41, 5.74) is 4.35. The molecule has 5 nitrogen and oxygen atoms in total. The molecule has 1 heterocycles. The molecule has 0 radical (unpaired) electrons. The predicted molar refractivity (Wildman–Crippen MR) is 131 cm³/mol. The third-order valence-electron chi connectivity index (χ3n) is 5.31. The smallest absolute Gasteiger partial charge is 0.278 e. The topological polar surface area (TPSA) is 51.1 Å². The molecule has 0 fully saturated rings. The first-order valence-electron chi connectivity index (χ1n) is 11.2. The number of amidine groups is 1. The van der Waals surface area contributed by atoms with Gasteiger partial charge in [0.2, 0.25) is 0 Å². The maximum absolute atomic E-state index is 13.4. The van der Waals surface area contributed by atoms with Gasteiger partial charge in [-0.3, -0.25) is 9.69 Å². The van der Waals surface area contributed by atoms with Crippen LogP contribution in [0.15, 0.2) is 83.5 Å². The molecular formula is C28H28N2O3. The second-order valence-electron chi connectivity index (χ2n) is 7.78. The van der Waals surface area contributed by atoms with Gasteiger partial charge in [0.05, 0.1) is 19.8 Å². The molecule has 0 N–H and O–H groups in total. The molecule has 33 heavy (non-hydrogen) atoms. The van der Waals surface area contributed by atoms with Crippen LogP contribution in [-0.2, 0) is 11.3 Å². The highest BCUT2D eigenvalue weighted by Crippen LogP contribution is 2.31. The van der Waals surface area contributed by atoms with Crippen molar-refractivity contribution in [2.24, 2.45) is 4.99 Å². The summed E-state index contributed by atoms with van der Waals surface area (Å²) < 4.78 is 11.4. The maximum Gasteiger partial charge on any atom is 0.278 e. The van der Waals surface area contributed by atoms with Crippen LogP contribution in [0.25, 0.3) is 6.08 Å². The Morgan fingerprint density at radius 1 is 0.879 bits per heavy atom. The Morgan fingerprint density at radius 3 is 2.27 bits per heavy atom. The molecule has 1 amide bonds. The minimum atomic E-state index is -0.124. The molecule has 0 atom stereocenters. The fraction of sp³-hybridized carbons (Fsp3) is 0.214. The van der Waals surface area contributed by atoms with E-state index in [1.165, 1.54) is 0 Å². The summed E-state index contributed by atoms with van der Waals surface area (Å²) in [7, 11) is 0. The normalized spacial score (nSPS) is 14.5. The molecule has 0 spiro atoms. The first-order chi connectivity index (χ1) is 16.1. The first-order valence-corrected chi connectivity index (χ1v) is 11.2. The van der Waals surface area contributed by atoms with E-state index in [0.717, 1.165) is 22.3 Å². The number of carbonyl (C=O) groups excluding carboxylic acids is 1. The number of nitrogens with zero attached hydrogens (tertiary/aromatic N) is 2. The largest absolute Gasteiger partial charge is 0.490 e. The summed E-state index contributed by atoms with van der Waals surface area (Å²) in [6, 6.07) is 23.7. The molecule has 0 aliphatic carbocycles. The molecule has 3 aromatic carbocycles. The van der Waals surface area contributed by atoms with Crippen molar-refractivity contribution in [3.8, 4) is 11.5 Å². The fourth-order valence-corrected chi connectivity index (χ4v) is 3.70. The van der Waals surface area contributed by atoms with Gasteiger partial charge in [0.15, 0.2) is 11.5 Å². The molecule has 0 saturated heterocycles. The second-order valence-corrected chi connectivity index (χ2v) is 7.78. The van der Waals surface area contributed by atoms with Crippen LogP contribution in [-0.4, -0.2) is 29.9 Å². The molecule has 168 valence electrons. The Morgan fingerprint density at radius 2 is 1.58 bits per heavy atom. The Labute approximate surface area is 195 Å². The Balaban J connectivity index is 1.72. The zero-order valence-electron chi connectivity index (χ0n) is 19.2. The van der Waals surface area contributed by atoms with Crippen molar-refractivity contribution in [3.63, 3.8) is 0 Å². The van der Waals surface area contributed by atoms with Crippen molar-refractivity contribution < 1.29 is 14.3 Å². The molecule has 3 aromatic rings. The van der Waals surface area contributed by atoms with E-state index in [-0.39, 0.29) is 5.91 Å². The molecule has 1 aliphatic heterocycles. The summed E-state index contributed by atoms with van der Waals surface area (Å²) in [4.78, 5) is 19.9. The minimum absolute atomic E-state index is 0.124. The van der Waals surface area contributed by atoms with Crippen LogP contribution in [0.5, 0.6) is 11.5 Å². The molecule has 0 unspecified atom stereocenters. The standard InChI is InChI=1S/C28H28N2O3/c1-4-32-25-16-13-22(18-26(25)33-5-2)17-24-28(31)30(19-21-9-7-6-8-10-21)27(29-24)23-14-11-20(3)12-15-23/h6-18H,4-5,19H2,1-3H3. The number of rotatable bonds is 8. The van der Waals surface area contributed by atoms with Gasteiger partial charge in [-0.2, -0.15) is 0 Å². The van der Waals surface area contributed by atoms with Crippen molar-refractivity contribution in [2.75, 3.05) is 13.2 Å². The van der Waals surface area contributed by atoms with E-state index >= 15 is 0 Å². The lowest BCUT2D eigenvalue weighted by atomic mass is 10.1. The average molecular weight is 441 g/mol. The molecule has 5 heteroatoms. The van der Waals surface area contributed by atoms with Gasteiger partial charge < -0.3 is 9.47 Å². The van der Waals surface area contributed by atoms with Gasteiger partial charge in [0, 0.05) is 5.56 Å². The number of aliphatic imine (C=N–C) groups is 1. The third kappa shape index (κ3) is 5.14. The van der Waals surface area contributed by atoms with E-state index in [1.807, 2.05) is 93.6 Å². The van der Waals surface area contributed by atoms with E-state index in [4.69, 9.17) is 14.5 Å². The van der Waals surface area contributed by atoms with Crippen molar-refractivity contribution in [1.29, 1.82) is 0 Å². The zero-order chi connectivity index (χ0) is 23.2. The second kappa shape index (κ2) is 10.2. The number of amides is 1. The lowest BCUT2D eigenvalue weighted by Crippen LogP contribution is -2.32. The maximum atomic E-state index is 13.4. The lowest BCUT2D eigenvalue weighted by Gasteiger charge is -2.18. The van der Waals surface area contributed by atoms with Gasteiger partial charge in [0.1, 0.15) is 11.5 Å². The average Bonchev–Trinajstić information content (AvgIpc) is 3.12. The lowest BCUT2D eigenvalue weighted by molar-refractivity contribution is -0.123. The highest BCUT2D eigenvalue weighted by Gasteiger charge is 2.31. The van der Waals surface area contributed by atoms with E-state index in [0.29, 0.717) is 42.8 Å². The molecule has 1 aliphatic rings. The third-order valence-corrected chi connectivity index (χ3v) is 5.31. The van der Waals surface area contributed by atoms with Crippen LogP contribution >= 0.6 is 0 Å². The van der Waals surface area contributed by atoms with Gasteiger partial charge >= 0.3 is 0 Å². The van der Waals surface area contributed by atoms with Crippen molar-refractivity contribution >= 4 is 17.8 Å². The van der Waals surface area contributed by atoms with Crippen LogP contribution < -0.4 is 9.47 Å². The monoisotopic (exact) mass is 440 g/mol.